The van der Waals surface area contributed by atoms with Crippen LogP contribution in [0.25, 0.3) is 0 Å². The molecule has 0 unspecified atom stereocenters. The van der Waals surface area contributed by atoms with Crippen molar-refractivity contribution in [2.24, 2.45) is 7.05 Å². The average molecular weight is 258 g/mol. The van der Waals surface area contributed by atoms with E-state index in [4.69, 9.17) is 0 Å². The Morgan fingerprint density at radius 2 is 1.84 bits per heavy atom. The lowest BCUT2D eigenvalue weighted by molar-refractivity contribution is 0.461. The highest BCUT2D eigenvalue weighted by Gasteiger charge is 2.19. The Balaban J connectivity index is 1.94. The first-order valence-electron chi connectivity index (χ1n) is 6.62. The second kappa shape index (κ2) is 5.53. The Hall–Kier alpha value is -1.68. The highest BCUT2D eigenvalue weighted by molar-refractivity contribution is 5.23. The number of hydrogen-bond donors (Lipinski definition) is 1. The van der Waals surface area contributed by atoms with E-state index in [0.717, 1.165) is 24.7 Å². The summed E-state index contributed by atoms with van der Waals surface area (Å²) in [6, 6.07) is 10.6. The van der Waals surface area contributed by atoms with Gasteiger partial charge >= 0.3 is 0 Å². The molecular weight excluding hydrogens is 236 g/mol. The molecular formula is C15H22N4. The molecule has 1 N–H and O–H groups in total. The van der Waals surface area contributed by atoms with Crippen molar-refractivity contribution in [1.29, 1.82) is 0 Å². The fourth-order valence-corrected chi connectivity index (χ4v) is 2.08. The van der Waals surface area contributed by atoms with Gasteiger partial charge in [0.2, 0.25) is 0 Å². The van der Waals surface area contributed by atoms with Crippen molar-refractivity contribution < 1.29 is 0 Å². The Morgan fingerprint density at radius 3 is 2.42 bits per heavy atom. The quantitative estimate of drug-likeness (QED) is 0.894. The van der Waals surface area contributed by atoms with Gasteiger partial charge in [-0.25, -0.2) is 0 Å². The summed E-state index contributed by atoms with van der Waals surface area (Å²) >= 11 is 0. The summed E-state index contributed by atoms with van der Waals surface area (Å²) < 4.78 is 2.02. The lowest BCUT2D eigenvalue weighted by atomic mass is 9.85. The SMILES string of the molecule is Cc1nnc(CNCC(C)(C)c2ccccc2)n1C. The molecule has 1 aromatic heterocycles. The second-order valence-electron chi connectivity index (χ2n) is 5.58. The Morgan fingerprint density at radius 1 is 1.16 bits per heavy atom. The topological polar surface area (TPSA) is 42.7 Å². The summed E-state index contributed by atoms with van der Waals surface area (Å²) in [5, 5.41) is 11.7. The minimum Gasteiger partial charge on any atom is -0.317 e. The van der Waals surface area contributed by atoms with Crippen molar-refractivity contribution >= 4 is 0 Å². The van der Waals surface area contributed by atoms with Crippen LogP contribution >= 0.6 is 0 Å². The predicted molar refractivity (Wildman–Crippen MR) is 76.9 cm³/mol. The Bertz CT molecular complexity index is 528. The number of aryl methyl sites for hydroxylation is 1. The molecule has 0 aliphatic carbocycles. The van der Waals surface area contributed by atoms with Crippen molar-refractivity contribution in [3.8, 4) is 0 Å². The van der Waals surface area contributed by atoms with Crippen molar-refractivity contribution in [1.82, 2.24) is 20.1 Å². The molecule has 0 amide bonds. The normalized spacial score (nSPS) is 11.8. The summed E-state index contributed by atoms with van der Waals surface area (Å²) in [6.07, 6.45) is 0. The molecule has 0 saturated heterocycles. The summed E-state index contributed by atoms with van der Waals surface area (Å²) in [5.41, 5.74) is 1.45. The zero-order chi connectivity index (χ0) is 13.9. The standard InChI is InChI=1S/C15H22N4/c1-12-17-18-14(19(12)4)10-16-11-15(2,3)13-8-6-5-7-9-13/h5-9,16H,10-11H2,1-4H3. The second-order valence-corrected chi connectivity index (χ2v) is 5.58. The van der Waals surface area contributed by atoms with Crippen LogP contribution in [0.2, 0.25) is 0 Å². The lowest BCUT2D eigenvalue weighted by Crippen LogP contribution is -2.33. The van der Waals surface area contributed by atoms with Gasteiger partial charge in [-0.05, 0) is 12.5 Å². The van der Waals surface area contributed by atoms with Crippen LogP contribution in [0, 0.1) is 6.92 Å². The summed E-state index contributed by atoms with van der Waals surface area (Å²) in [5.74, 6) is 1.92. The molecule has 0 fully saturated rings. The molecule has 1 heterocycles. The van der Waals surface area contributed by atoms with Gasteiger partial charge in [0.1, 0.15) is 11.6 Å². The molecule has 4 nitrogen and oxygen atoms in total. The number of aromatic nitrogens is 3. The van der Waals surface area contributed by atoms with Gasteiger partial charge in [0.25, 0.3) is 0 Å². The van der Waals surface area contributed by atoms with Crippen molar-refractivity contribution in [3.05, 3.63) is 47.5 Å². The molecule has 0 radical (unpaired) electrons. The van der Waals surface area contributed by atoms with Gasteiger partial charge in [-0.2, -0.15) is 0 Å². The van der Waals surface area contributed by atoms with Crippen LogP contribution in [0.5, 0.6) is 0 Å². The molecule has 0 saturated carbocycles. The van der Waals surface area contributed by atoms with Gasteiger partial charge in [-0.1, -0.05) is 44.2 Å². The van der Waals surface area contributed by atoms with Gasteiger partial charge in [0.15, 0.2) is 0 Å². The maximum atomic E-state index is 4.16. The van der Waals surface area contributed by atoms with Gasteiger partial charge in [-0.3, -0.25) is 0 Å². The maximum absolute atomic E-state index is 4.16. The van der Waals surface area contributed by atoms with Crippen LogP contribution in [0.1, 0.15) is 31.1 Å². The minimum absolute atomic E-state index is 0.106. The molecule has 2 aromatic rings. The maximum Gasteiger partial charge on any atom is 0.146 e. The predicted octanol–water partition coefficient (Wildman–Crippen LogP) is 2.19. The third kappa shape index (κ3) is 3.20. The van der Waals surface area contributed by atoms with Crippen LogP contribution in [0.3, 0.4) is 0 Å². The van der Waals surface area contributed by atoms with Crippen molar-refractivity contribution in [2.45, 2.75) is 32.7 Å². The third-order valence-corrected chi connectivity index (χ3v) is 3.59. The number of hydrogen-bond acceptors (Lipinski definition) is 3. The van der Waals surface area contributed by atoms with E-state index in [1.807, 2.05) is 18.5 Å². The number of nitrogens with zero attached hydrogens (tertiary/aromatic N) is 3. The third-order valence-electron chi connectivity index (χ3n) is 3.59. The van der Waals surface area contributed by atoms with Crippen LogP contribution in [0.15, 0.2) is 30.3 Å². The van der Waals surface area contributed by atoms with Crippen LogP contribution in [-0.2, 0) is 19.0 Å². The van der Waals surface area contributed by atoms with E-state index in [0.29, 0.717) is 0 Å². The molecule has 0 bridgehead atoms. The summed E-state index contributed by atoms with van der Waals surface area (Å²) in [7, 11) is 1.99. The molecule has 102 valence electrons. The van der Waals surface area contributed by atoms with Gasteiger partial charge in [0, 0.05) is 19.0 Å². The molecule has 0 spiro atoms. The molecule has 0 atom stereocenters. The highest BCUT2D eigenvalue weighted by Crippen LogP contribution is 2.21. The first-order valence-corrected chi connectivity index (χ1v) is 6.62. The number of rotatable bonds is 5. The summed E-state index contributed by atoms with van der Waals surface area (Å²) in [6.45, 7) is 8.11. The molecule has 0 aliphatic rings. The van der Waals surface area contributed by atoms with E-state index >= 15 is 0 Å². The van der Waals surface area contributed by atoms with Crippen LogP contribution in [0.4, 0.5) is 0 Å². The van der Waals surface area contributed by atoms with Crippen LogP contribution in [-0.4, -0.2) is 21.3 Å². The Labute approximate surface area is 114 Å². The smallest absolute Gasteiger partial charge is 0.146 e. The highest BCUT2D eigenvalue weighted by atomic mass is 15.3. The summed E-state index contributed by atoms with van der Waals surface area (Å²) in [4.78, 5) is 0. The zero-order valence-corrected chi connectivity index (χ0v) is 12.1. The van der Waals surface area contributed by atoms with E-state index in [2.05, 4.69) is 59.7 Å². The molecule has 19 heavy (non-hydrogen) atoms. The molecule has 2 rings (SSSR count). The first-order chi connectivity index (χ1) is 9.00. The van der Waals surface area contributed by atoms with E-state index in [1.54, 1.807) is 0 Å². The van der Waals surface area contributed by atoms with Crippen LogP contribution < -0.4 is 5.32 Å². The lowest BCUT2D eigenvalue weighted by Gasteiger charge is -2.25. The van der Waals surface area contributed by atoms with Gasteiger partial charge < -0.3 is 9.88 Å². The fraction of sp³-hybridized carbons (Fsp3) is 0.467. The van der Waals surface area contributed by atoms with E-state index in [-0.39, 0.29) is 5.41 Å². The van der Waals surface area contributed by atoms with E-state index in [9.17, 15) is 0 Å². The van der Waals surface area contributed by atoms with E-state index < -0.39 is 0 Å². The minimum atomic E-state index is 0.106. The van der Waals surface area contributed by atoms with Crippen molar-refractivity contribution in [2.75, 3.05) is 6.54 Å². The fourth-order valence-electron chi connectivity index (χ4n) is 2.08. The first kappa shape index (κ1) is 13.7. The zero-order valence-electron chi connectivity index (χ0n) is 12.1. The molecule has 1 aromatic carbocycles. The molecule has 0 aliphatic heterocycles. The molecule has 4 heteroatoms. The van der Waals surface area contributed by atoms with Gasteiger partial charge in [-0.15, -0.1) is 10.2 Å². The monoisotopic (exact) mass is 258 g/mol. The Kier molecular flexibility index (Phi) is 4.00. The van der Waals surface area contributed by atoms with Crippen molar-refractivity contribution in [3.63, 3.8) is 0 Å². The van der Waals surface area contributed by atoms with Gasteiger partial charge in [0.05, 0.1) is 6.54 Å². The number of benzene rings is 1. The number of nitrogens with one attached hydrogen (secondary N) is 1. The average Bonchev–Trinajstić information content (AvgIpc) is 2.72. The largest absolute Gasteiger partial charge is 0.317 e. The van der Waals surface area contributed by atoms with E-state index in [1.165, 1.54) is 5.56 Å².